The Hall–Kier alpha value is -3.48. The van der Waals surface area contributed by atoms with Crippen molar-refractivity contribution >= 4 is 11.9 Å². The summed E-state index contributed by atoms with van der Waals surface area (Å²) in [6.45, 7) is 0.788. The largest absolute Gasteiger partial charge is 0.508 e. The van der Waals surface area contributed by atoms with E-state index in [2.05, 4.69) is 10.6 Å². The quantitative estimate of drug-likeness (QED) is 0.773. The summed E-state index contributed by atoms with van der Waals surface area (Å²) in [5.41, 5.74) is 2.88. The number of rotatable bonds is 4. The molecular formula is C20H19N3O4. The van der Waals surface area contributed by atoms with E-state index >= 15 is 0 Å². The number of benzene rings is 2. The Labute approximate surface area is 156 Å². The molecule has 0 radical (unpaired) electrons. The third kappa shape index (κ3) is 3.19. The van der Waals surface area contributed by atoms with Gasteiger partial charge in [0.2, 0.25) is 0 Å². The Bertz CT molecular complexity index is 919. The first-order chi connectivity index (χ1) is 13.0. The van der Waals surface area contributed by atoms with E-state index in [1.165, 1.54) is 12.1 Å². The Morgan fingerprint density at radius 1 is 1.11 bits per heavy atom. The molecule has 2 aliphatic heterocycles. The smallest absolute Gasteiger partial charge is 0.319 e. The molecule has 138 valence electrons. The average molecular weight is 365 g/mol. The maximum absolute atomic E-state index is 13.0. The van der Waals surface area contributed by atoms with Crippen LogP contribution >= 0.6 is 0 Å². The third-order valence-electron chi connectivity index (χ3n) is 4.78. The van der Waals surface area contributed by atoms with Gasteiger partial charge in [0.05, 0.1) is 31.0 Å². The number of ether oxygens (including phenoxy) is 1. The summed E-state index contributed by atoms with van der Waals surface area (Å²) in [5, 5.41) is 15.0. The van der Waals surface area contributed by atoms with Gasteiger partial charge >= 0.3 is 6.03 Å². The molecule has 2 aromatic rings. The molecule has 0 saturated carbocycles. The number of methoxy groups -OCH3 is 1. The zero-order valence-corrected chi connectivity index (χ0v) is 14.7. The molecule has 2 aliphatic rings. The second-order valence-electron chi connectivity index (χ2n) is 6.52. The Morgan fingerprint density at radius 2 is 1.81 bits per heavy atom. The van der Waals surface area contributed by atoms with E-state index in [9.17, 15) is 14.7 Å². The van der Waals surface area contributed by atoms with Crippen molar-refractivity contribution in [2.75, 3.05) is 13.7 Å². The molecule has 27 heavy (non-hydrogen) atoms. The van der Waals surface area contributed by atoms with Crippen molar-refractivity contribution in [3.8, 4) is 11.5 Å². The number of urea groups is 1. The second kappa shape index (κ2) is 6.68. The summed E-state index contributed by atoms with van der Waals surface area (Å²) >= 11 is 0. The molecule has 1 atom stereocenters. The molecule has 0 aliphatic carbocycles. The molecule has 3 amide bonds. The monoisotopic (exact) mass is 365 g/mol. The zero-order chi connectivity index (χ0) is 19.0. The van der Waals surface area contributed by atoms with Crippen molar-refractivity contribution in [2.45, 2.75) is 12.6 Å². The van der Waals surface area contributed by atoms with Gasteiger partial charge in [0, 0.05) is 6.54 Å². The second-order valence-corrected chi connectivity index (χ2v) is 6.52. The Morgan fingerprint density at radius 3 is 2.48 bits per heavy atom. The van der Waals surface area contributed by atoms with Gasteiger partial charge in [-0.2, -0.15) is 0 Å². The number of hydrogen-bond donors (Lipinski definition) is 3. The fraction of sp³-hybridized carbons (Fsp3) is 0.200. The fourth-order valence-electron chi connectivity index (χ4n) is 3.42. The summed E-state index contributed by atoms with van der Waals surface area (Å²) in [4.78, 5) is 26.8. The van der Waals surface area contributed by atoms with Gasteiger partial charge in [0.15, 0.2) is 0 Å². The van der Waals surface area contributed by atoms with Gasteiger partial charge in [-0.3, -0.25) is 4.79 Å². The molecule has 1 unspecified atom stereocenters. The molecule has 0 spiro atoms. The molecule has 2 aromatic carbocycles. The van der Waals surface area contributed by atoms with Gasteiger partial charge in [-0.1, -0.05) is 24.3 Å². The van der Waals surface area contributed by atoms with Gasteiger partial charge in [0.1, 0.15) is 11.5 Å². The minimum absolute atomic E-state index is 0.119. The Kier molecular flexibility index (Phi) is 4.19. The van der Waals surface area contributed by atoms with Crippen LogP contribution in [0.2, 0.25) is 0 Å². The van der Waals surface area contributed by atoms with Crippen molar-refractivity contribution in [3.05, 3.63) is 70.9 Å². The van der Waals surface area contributed by atoms with E-state index in [0.29, 0.717) is 24.4 Å². The number of carbonyl (C=O) groups excluding carboxylic acids is 2. The van der Waals surface area contributed by atoms with Crippen molar-refractivity contribution in [1.29, 1.82) is 0 Å². The van der Waals surface area contributed by atoms with Crippen LogP contribution in [-0.2, 0) is 11.3 Å². The van der Waals surface area contributed by atoms with Gasteiger partial charge in [-0.05, 0) is 35.4 Å². The zero-order valence-electron chi connectivity index (χ0n) is 14.7. The number of phenolic OH excluding ortho intramolecular Hbond substituents is 1. The Balaban J connectivity index is 1.58. The minimum atomic E-state index is -0.539. The van der Waals surface area contributed by atoms with Crippen LogP contribution in [0.1, 0.15) is 17.2 Å². The van der Waals surface area contributed by atoms with E-state index in [0.717, 1.165) is 16.9 Å². The van der Waals surface area contributed by atoms with Gasteiger partial charge in [-0.25, -0.2) is 4.79 Å². The highest BCUT2D eigenvalue weighted by Crippen LogP contribution is 2.33. The summed E-state index contributed by atoms with van der Waals surface area (Å²) in [6.07, 6.45) is 0. The number of carbonyl (C=O) groups is 2. The molecule has 7 heteroatoms. The van der Waals surface area contributed by atoms with E-state index in [1.54, 1.807) is 24.1 Å². The highest BCUT2D eigenvalue weighted by Gasteiger charge is 2.40. The summed E-state index contributed by atoms with van der Waals surface area (Å²) in [6, 6.07) is 13.1. The first kappa shape index (κ1) is 17.0. The van der Waals surface area contributed by atoms with Gasteiger partial charge in [0.25, 0.3) is 5.91 Å². The van der Waals surface area contributed by atoms with Crippen LogP contribution in [0.4, 0.5) is 4.79 Å². The standard InChI is InChI=1S/C20H19N3O4/c1-27-15-8-2-12(3-9-15)10-23-11-16-17(19(23)25)18(22-20(26)21-16)13-4-6-14(24)7-5-13/h2-9,18,24H,10-11H2,1H3,(H2,21,22,26). The lowest BCUT2D eigenvalue weighted by Crippen LogP contribution is -2.44. The first-order valence-corrected chi connectivity index (χ1v) is 8.57. The van der Waals surface area contributed by atoms with Crippen LogP contribution in [-0.4, -0.2) is 35.6 Å². The highest BCUT2D eigenvalue weighted by molar-refractivity contribution is 6.01. The number of phenols is 1. The lowest BCUT2D eigenvalue weighted by atomic mass is 9.96. The van der Waals surface area contributed by atoms with Gasteiger partial charge < -0.3 is 25.4 Å². The van der Waals surface area contributed by atoms with Crippen LogP contribution in [0, 0.1) is 0 Å². The van der Waals surface area contributed by atoms with E-state index in [-0.39, 0.29) is 17.7 Å². The summed E-state index contributed by atoms with van der Waals surface area (Å²) in [5.74, 6) is 0.770. The number of nitrogens with zero attached hydrogens (tertiary/aromatic N) is 1. The SMILES string of the molecule is COc1ccc(CN2CC3=C(C2=O)C(c2ccc(O)cc2)NC(=O)N3)cc1. The van der Waals surface area contributed by atoms with Crippen LogP contribution in [0.25, 0.3) is 0 Å². The van der Waals surface area contributed by atoms with Crippen molar-refractivity contribution in [2.24, 2.45) is 0 Å². The lowest BCUT2D eigenvalue weighted by molar-refractivity contribution is -0.126. The molecule has 4 rings (SSSR count). The minimum Gasteiger partial charge on any atom is -0.508 e. The highest BCUT2D eigenvalue weighted by atomic mass is 16.5. The van der Waals surface area contributed by atoms with Crippen molar-refractivity contribution < 1.29 is 19.4 Å². The predicted molar refractivity (Wildman–Crippen MR) is 98.0 cm³/mol. The number of amides is 3. The average Bonchev–Trinajstić information content (AvgIpc) is 2.97. The van der Waals surface area contributed by atoms with Crippen LogP contribution in [0.3, 0.4) is 0 Å². The molecule has 0 bridgehead atoms. The maximum atomic E-state index is 13.0. The molecule has 0 fully saturated rings. The lowest BCUT2D eigenvalue weighted by Gasteiger charge is -2.25. The van der Waals surface area contributed by atoms with E-state index in [4.69, 9.17) is 4.74 Å². The van der Waals surface area contributed by atoms with Crippen LogP contribution < -0.4 is 15.4 Å². The summed E-state index contributed by atoms with van der Waals surface area (Å²) < 4.78 is 5.16. The fourth-order valence-corrected chi connectivity index (χ4v) is 3.42. The van der Waals surface area contributed by atoms with Gasteiger partial charge in [-0.15, -0.1) is 0 Å². The van der Waals surface area contributed by atoms with Crippen LogP contribution in [0.5, 0.6) is 11.5 Å². The first-order valence-electron chi connectivity index (χ1n) is 8.57. The molecule has 0 saturated heterocycles. The van der Waals surface area contributed by atoms with E-state index in [1.807, 2.05) is 24.3 Å². The topological polar surface area (TPSA) is 90.9 Å². The molecule has 3 N–H and O–H groups in total. The molecular weight excluding hydrogens is 346 g/mol. The molecule has 0 aromatic heterocycles. The maximum Gasteiger partial charge on any atom is 0.319 e. The third-order valence-corrected chi connectivity index (χ3v) is 4.78. The molecule has 7 nitrogen and oxygen atoms in total. The summed E-state index contributed by atoms with van der Waals surface area (Å²) in [7, 11) is 1.61. The number of hydrogen-bond acceptors (Lipinski definition) is 4. The van der Waals surface area contributed by atoms with Crippen molar-refractivity contribution in [1.82, 2.24) is 15.5 Å². The number of aromatic hydroxyl groups is 1. The number of nitrogens with one attached hydrogen (secondary N) is 2. The van der Waals surface area contributed by atoms with E-state index < -0.39 is 6.04 Å². The normalized spacial score (nSPS) is 18.9. The van der Waals surface area contributed by atoms with Crippen LogP contribution in [0.15, 0.2) is 59.8 Å². The van der Waals surface area contributed by atoms with Crippen molar-refractivity contribution in [3.63, 3.8) is 0 Å². The predicted octanol–water partition coefficient (Wildman–Crippen LogP) is 2.05. The molecule has 2 heterocycles.